The third kappa shape index (κ3) is 6.79. The highest BCUT2D eigenvalue weighted by Crippen LogP contribution is 2.16. The predicted octanol–water partition coefficient (Wildman–Crippen LogP) is 1.79. The normalized spacial score (nSPS) is 15.9. The number of alkyl carbamates (subject to hydrolysis) is 1. The Morgan fingerprint density at radius 3 is 2.25 bits per heavy atom. The van der Waals surface area contributed by atoms with E-state index in [4.69, 9.17) is 4.74 Å². The standard InChI is InChI=1S/C19H29N3O5S/c1-14-5-7-16(8-6-14)28(25,26)21-15-9-11-22(12-10-15)17(23)13-20-18(24)27-19(2,3)4/h5-8,15,21H,9-13H2,1-4H3,(H,20,24). The summed E-state index contributed by atoms with van der Waals surface area (Å²) in [7, 11) is -3.58. The molecule has 1 aromatic carbocycles. The molecular weight excluding hydrogens is 382 g/mol. The number of amides is 2. The van der Waals surface area contributed by atoms with Crippen LogP contribution in [0.4, 0.5) is 4.79 Å². The van der Waals surface area contributed by atoms with E-state index in [1.807, 2.05) is 6.92 Å². The summed E-state index contributed by atoms with van der Waals surface area (Å²) in [5.74, 6) is -0.217. The van der Waals surface area contributed by atoms with E-state index in [2.05, 4.69) is 10.0 Å². The molecule has 1 saturated heterocycles. The molecule has 0 aromatic heterocycles. The molecule has 1 fully saturated rings. The number of rotatable bonds is 5. The first-order chi connectivity index (χ1) is 13.0. The van der Waals surface area contributed by atoms with Gasteiger partial charge in [0.2, 0.25) is 15.9 Å². The highest BCUT2D eigenvalue weighted by atomic mass is 32.2. The average Bonchev–Trinajstić information content (AvgIpc) is 2.59. The van der Waals surface area contributed by atoms with Crippen molar-refractivity contribution in [1.29, 1.82) is 0 Å². The number of piperidine rings is 1. The number of nitrogens with one attached hydrogen (secondary N) is 2. The quantitative estimate of drug-likeness (QED) is 0.769. The Hall–Kier alpha value is -2.13. The molecule has 28 heavy (non-hydrogen) atoms. The van der Waals surface area contributed by atoms with Crippen molar-refractivity contribution in [2.45, 2.75) is 57.1 Å². The zero-order chi connectivity index (χ0) is 20.9. The maximum Gasteiger partial charge on any atom is 0.408 e. The molecular formula is C19H29N3O5S. The Labute approximate surface area is 166 Å². The van der Waals surface area contributed by atoms with Crippen LogP contribution in [0, 0.1) is 6.92 Å². The van der Waals surface area contributed by atoms with Crippen molar-refractivity contribution in [3.8, 4) is 0 Å². The lowest BCUT2D eigenvalue weighted by Crippen LogP contribution is -2.49. The van der Waals surface area contributed by atoms with Gasteiger partial charge in [0.1, 0.15) is 12.1 Å². The number of carbonyl (C=O) groups is 2. The Morgan fingerprint density at radius 1 is 1.14 bits per heavy atom. The number of benzene rings is 1. The molecule has 1 aromatic rings. The Kier molecular flexibility index (Phi) is 7.06. The summed E-state index contributed by atoms with van der Waals surface area (Å²) in [4.78, 5) is 25.7. The lowest BCUT2D eigenvalue weighted by atomic mass is 10.1. The lowest BCUT2D eigenvalue weighted by molar-refractivity contribution is -0.131. The fraction of sp³-hybridized carbons (Fsp3) is 0.579. The second-order valence-electron chi connectivity index (χ2n) is 7.94. The summed E-state index contributed by atoms with van der Waals surface area (Å²) in [5, 5.41) is 2.45. The monoisotopic (exact) mass is 411 g/mol. The van der Waals surface area contributed by atoms with Crippen molar-refractivity contribution in [1.82, 2.24) is 14.9 Å². The van der Waals surface area contributed by atoms with Gasteiger partial charge in [-0.25, -0.2) is 17.9 Å². The van der Waals surface area contributed by atoms with E-state index in [0.717, 1.165) is 5.56 Å². The van der Waals surface area contributed by atoms with E-state index < -0.39 is 21.7 Å². The molecule has 2 N–H and O–H groups in total. The molecule has 1 heterocycles. The van der Waals surface area contributed by atoms with Crippen LogP contribution >= 0.6 is 0 Å². The van der Waals surface area contributed by atoms with Crippen molar-refractivity contribution >= 4 is 22.0 Å². The summed E-state index contributed by atoms with van der Waals surface area (Å²) < 4.78 is 32.7. The van der Waals surface area contributed by atoms with Crippen LogP contribution in [0.1, 0.15) is 39.2 Å². The second kappa shape index (κ2) is 8.91. The van der Waals surface area contributed by atoms with Gasteiger partial charge in [0.25, 0.3) is 0 Å². The number of sulfonamides is 1. The van der Waals surface area contributed by atoms with Crippen molar-refractivity contribution < 1.29 is 22.7 Å². The number of aryl methyl sites for hydroxylation is 1. The molecule has 156 valence electrons. The number of ether oxygens (including phenoxy) is 1. The molecule has 8 nitrogen and oxygen atoms in total. The molecule has 1 aliphatic heterocycles. The molecule has 1 aliphatic rings. The van der Waals surface area contributed by atoms with Gasteiger partial charge in [-0.1, -0.05) is 17.7 Å². The molecule has 0 unspecified atom stereocenters. The minimum Gasteiger partial charge on any atom is -0.444 e. The maximum atomic E-state index is 12.5. The number of hydrogen-bond donors (Lipinski definition) is 2. The first kappa shape index (κ1) is 22.2. The fourth-order valence-electron chi connectivity index (χ4n) is 2.83. The van der Waals surface area contributed by atoms with E-state index in [-0.39, 0.29) is 23.4 Å². The van der Waals surface area contributed by atoms with E-state index in [9.17, 15) is 18.0 Å². The van der Waals surface area contributed by atoms with E-state index in [1.54, 1.807) is 49.9 Å². The van der Waals surface area contributed by atoms with Crippen molar-refractivity contribution in [2.24, 2.45) is 0 Å². The van der Waals surface area contributed by atoms with Gasteiger partial charge in [0, 0.05) is 19.1 Å². The van der Waals surface area contributed by atoms with Gasteiger partial charge in [0.15, 0.2) is 0 Å². The van der Waals surface area contributed by atoms with Gasteiger partial charge in [-0.3, -0.25) is 4.79 Å². The first-order valence-electron chi connectivity index (χ1n) is 9.30. The minimum absolute atomic E-state index is 0.144. The van der Waals surface area contributed by atoms with Gasteiger partial charge in [-0.2, -0.15) is 0 Å². The first-order valence-corrected chi connectivity index (χ1v) is 10.8. The van der Waals surface area contributed by atoms with E-state index >= 15 is 0 Å². The average molecular weight is 412 g/mol. The molecule has 2 amide bonds. The van der Waals surface area contributed by atoms with Crippen LogP contribution in [0.25, 0.3) is 0 Å². The Bertz CT molecular complexity index is 792. The van der Waals surface area contributed by atoms with Crippen LogP contribution in [0.3, 0.4) is 0 Å². The Morgan fingerprint density at radius 2 is 1.71 bits per heavy atom. The summed E-state index contributed by atoms with van der Waals surface area (Å²) in [5.41, 5.74) is 0.367. The summed E-state index contributed by atoms with van der Waals surface area (Å²) in [6.07, 6.45) is 0.397. The van der Waals surface area contributed by atoms with Crippen LogP contribution in [-0.2, 0) is 19.6 Å². The van der Waals surface area contributed by atoms with E-state index in [1.165, 1.54) is 0 Å². The number of carbonyl (C=O) groups excluding carboxylic acids is 2. The summed E-state index contributed by atoms with van der Waals surface area (Å²) in [6.45, 7) is 7.85. The predicted molar refractivity (Wildman–Crippen MR) is 105 cm³/mol. The van der Waals surface area contributed by atoms with Crippen molar-refractivity contribution in [2.75, 3.05) is 19.6 Å². The van der Waals surface area contributed by atoms with Gasteiger partial charge in [0.05, 0.1) is 4.90 Å². The third-order valence-corrected chi connectivity index (χ3v) is 5.82. The lowest BCUT2D eigenvalue weighted by Gasteiger charge is -2.32. The number of hydrogen-bond acceptors (Lipinski definition) is 5. The summed E-state index contributed by atoms with van der Waals surface area (Å²) >= 11 is 0. The largest absolute Gasteiger partial charge is 0.444 e. The number of nitrogens with zero attached hydrogens (tertiary/aromatic N) is 1. The molecule has 0 radical (unpaired) electrons. The third-order valence-electron chi connectivity index (χ3n) is 4.28. The maximum absolute atomic E-state index is 12.5. The van der Waals surface area contributed by atoms with Crippen LogP contribution in [-0.4, -0.2) is 56.6 Å². The number of likely N-dealkylation sites (tertiary alicyclic amines) is 1. The highest BCUT2D eigenvalue weighted by Gasteiger charge is 2.27. The van der Waals surface area contributed by atoms with Crippen LogP contribution < -0.4 is 10.0 Å². The fourth-order valence-corrected chi connectivity index (χ4v) is 4.13. The van der Waals surface area contributed by atoms with E-state index in [0.29, 0.717) is 25.9 Å². The summed E-state index contributed by atoms with van der Waals surface area (Å²) in [6, 6.07) is 6.45. The van der Waals surface area contributed by atoms with Gasteiger partial charge < -0.3 is 15.0 Å². The van der Waals surface area contributed by atoms with Crippen LogP contribution in [0.2, 0.25) is 0 Å². The Balaban J connectivity index is 1.80. The molecule has 0 bridgehead atoms. The molecule has 0 atom stereocenters. The van der Waals surface area contributed by atoms with Crippen molar-refractivity contribution in [3.05, 3.63) is 29.8 Å². The van der Waals surface area contributed by atoms with Gasteiger partial charge in [-0.15, -0.1) is 0 Å². The molecule has 0 aliphatic carbocycles. The minimum atomic E-state index is -3.58. The van der Waals surface area contributed by atoms with Gasteiger partial charge >= 0.3 is 6.09 Å². The molecule has 9 heteroatoms. The smallest absolute Gasteiger partial charge is 0.408 e. The zero-order valence-corrected chi connectivity index (χ0v) is 17.6. The van der Waals surface area contributed by atoms with Crippen molar-refractivity contribution in [3.63, 3.8) is 0 Å². The van der Waals surface area contributed by atoms with Gasteiger partial charge in [-0.05, 0) is 52.7 Å². The molecule has 2 rings (SSSR count). The molecule has 0 spiro atoms. The highest BCUT2D eigenvalue weighted by molar-refractivity contribution is 7.89. The molecule has 0 saturated carbocycles. The topological polar surface area (TPSA) is 105 Å². The second-order valence-corrected chi connectivity index (χ2v) is 9.66. The van der Waals surface area contributed by atoms with Crippen LogP contribution in [0.15, 0.2) is 29.2 Å². The van der Waals surface area contributed by atoms with Crippen LogP contribution in [0.5, 0.6) is 0 Å². The zero-order valence-electron chi connectivity index (χ0n) is 16.8. The SMILES string of the molecule is Cc1ccc(S(=O)(=O)NC2CCN(C(=O)CNC(=O)OC(C)(C)C)CC2)cc1.